The number of halogens is 1. The lowest BCUT2D eigenvalue weighted by Gasteiger charge is -2.02. The maximum Gasteiger partial charge on any atom is 0.295 e. The van der Waals surface area contributed by atoms with Crippen LogP contribution < -0.4 is 0 Å². The van der Waals surface area contributed by atoms with Crippen LogP contribution in [0.15, 0.2) is 20.6 Å². The number of hydrogen-bond donors (Lipinski definition) is 1. The summed E-state index contributed by atoms with van der Waals surface area (Å²) in [6.45, 7) is 6.57. The first-order valence-corrected chi connectivity index (χ1v) is 5.28. The van der Waals surface area contributed by atoms with Crippen molar-refractivity contribution in [3.63, 3.8) is 0 Å². The van der Waals surface area contributed by atoms with Crippen molar-refractivity contribution in [3.8, 4) is 0 Å². The highest BCUT2D eigenvalue weighted by atomic mass is 127. The lowest BCUT2D eigenvalue weighted by Crippen LogP contribution is -2.03. The van der Waals surface area contributed by atoms with E-state index < -0.39 is 10.1 Å². The van der Waals surface area contributed by atoms with E-state index in [9.17, 15) is 8.42 Å². The maximum absolute atomic E-state index is 10.6. The Balaban J connectivity index is 5.32. The van der Waals surface area contributed by atoms with Crippen LogP contribution in [0.25, 0.3) is 0 Å². The molecule has 0 aliphatic carbocycles. The first-order chi connectivity index (χ1) is 4.76. The van der Waals surface area contributed by atoms with Gasteiger partial charge in [-0.3, -0.25) is 4.55 Å². The molecule has 0 aliphatic heterocycles. The molecule has 64 valence electrons. The largest absolute Gasteiger partial charge is 0.295 e. The third-order valence-corrected chi connectivity index (χ3v) is 3.03. The van der Waals surface area contributed by atoms with Crippen molar-refractivity contribution >= 4 is 32.7 Å². The van der Waals surface area contributed by atoms with Crippen molar-refractivity contribution in [2.45, 2.75) is 13.8 Å². The molecule has 0 saturated carbocycles. The minimum atomic E-state index is -4.09. The van der Waals surface area contributed by atoms with E-state index in [4.69, 9.17) is 4.55 Å². The number of allylic oxidation sites excluding steroid dienone is 2. The molecule has 0 radical (unpaired) electrons. The summed E-state index contributed by atoms with van der Waals surface area (Å²) in [6.07, 6.45) is 0. The lowest BCUT2D eigenvalue weighted by molar-refractivity contribution is 0.491. The Labute approximate surface area is 80.1 Å². The van der Waals surface area contributed by atoms with Gasteiger partial charge in [0, 0.05) is 3.58 Å². The standard InChI is InChI=1S/C6H9IO3S/c1-4(2)6(5(3)7)11(8,9)10/h1H2,2-3H3,(H,8,9,10)/b6-5-. The SMILES string of the molecule is C=C(C)/C(=C(\C)I)S(=O)(=O)O. The topological polar surface area (TPSA) is 54.4 Å². The zero-order chi connectivity index (χ0) is 9.23. The molecule has 0 spiro atoms. The molecular formula is C6H9IO3S. The fourth-order valence-electron chi connectivity index (χ4n) is 0.692. The van der Waals surface area contributed by atoms with Crippen LogP contribution in [0.5, 0.6) is 0 Å². The molecule has 0 aromatic rings. The summed E-state index contributed by atoms with van der Waals surface area (Å²) in [6, 6.07) is 0. The summed E-state index contributed by atoms with van der Waals surface area (Å²) in [5.41, 5.74) is 0.347. The van der Waals surface area contributed by atoms with E-state index in [1.54, 1.807) is 6.92 Å². The molecule has 0 unspecified atom stereocenters. The van der Waals surface area contributed by atoms with Crippen LogP contribution in [0, 0.1) is 0 Å². The highest BCUT2D eigenvalue weighted by molar-refractivity contribution is 14.1. The quantitative estimate of drug-likeness (QED) is 0.481. The first kappa shape index (κ1) is 11.1. The normalized spacial score (nSPS) is 14.2. The van der Waals surface area contributed by atoms with Crippen LogP contribution >= 0.6 is 22.6 Å². The molecule has 0 fully saturated rings. The Morgan fingerprint density at radius 3 is 1.82 bits per heavy atom. The van der Waals surface area contributed by atoms with Crippen molar-refractivity contribution < 1.29 is 13.0 Å². The van der Waals surface area contributed by atoms with Gasteiger partial charge in [0.15, 0.2) is 0 Å². The second-order valence-electron chi connectivity index (χ2n) is 2.12. The summed E-state index contributed by atoms with van der Waals surface area (Å²) in [5.74, 6) is 0. The number of rotatable bonds is 2. The van der Waals surface area contributed by atoms with Gasteiger partial charge in [0.2, 0.25) is 0 Å². The maximum atomic E-state index is 10.6. The average molecular weight is 288 g/mol. The fraction of sp³-hybridized carbons (Fsp3) is 0.333. The second-order valence-corrected chi connectivity index (χ2v) is 5.09. The summed E-state index contributed by atoms with van der Waals surface area (Å²) in [5, 5.41) is 0. The van der Waals surface area contributed by atoms with Gasteiger partial charge in [-0.25, -0.2) is 0 Å². The molecule has 11 heavy (non-hydrogen) atoms. The third kappa shape index (κ3) is 3.35. The summed E-state index contributed by atoms with van der Waals surface area (Å²) >= 11 is 1.82. The summed E-state index contributed by atoms with van der Waals surface area (Å²) in [7, 11) is -4.09. The summed E-state index contributed by atoms with van der Waals surface area (Å²) < 4.78 is 30.5. The van der Waals surface area contributed by atoms with Crippen molar-refractivity contribution in [1.29, 1.82) is 0 Å². The van der Waals surface area contributed by atoms with Gasteiger partial charge < -0.3 is 0 Å². The molecule has 0 heterocycles. The van der Waals surface area contributed by atoms with Crippen LogP contribution in [-0.2, 0) is 10.1 Å². The Morgan fingerprint density at radius 1 is 1.45 bits per heavy atom. The van der Waals surface area contributed by atoms with Crippen LogP contribution in [0.4, 0.5) is 0 Å². The fourth-order valence-corrected chi connectivity index (χ4v) is 2.78. The van der Waals surface area contributed by atoms with E-state index >= 15 is 0 Å². The zero-order valence-electron chi connectivity index (χ0n) is 6.26. The third-order valence-electron chi connectivity index (χ3n) is 0.958. The second kappa shape index (κ2) is 3.68. The first-order valence-electron chi connectivity index (χ1n) is 2.76. The molecule has 0 rings (SSSR count). The van der Waals surface area contributed by atoms with Gasteiger partial charge >= 0.3 is 0 Å². The van der Waals surface area contributed by atoms with Gasteiger partial charge in [0.1, 0.15) is 4.91 Å². The monoisotopic (exact) mass is 288 g/mol. The highest BCUT2D eigenvalue weighted by Crippen LogP contribution is 2.22. The highest BCUT2D eigenvalue weighted by Gasteiger charge is 2.16. The van der Waals surface area contributed by atoms with Gasteiger partial charge in [-0.15, -0.1) is 0 Å². The molecule has 3 nitrogen and oxygen atoms in total. The van der Waals surface area contributed by atoms with E-state index in [0.29, 0.717) is 9.15 Å². The van der Waals surface area contributed by atoms with Crippen LogP contribution in [0.1, 0.15) is 13.8 Å². The van der Waals surface area contributed by atoms with Crippen LogP contribution in [0.3, 0.4) is 0 Å². The molecule has 0 amide bonds. The van der Waals surface area contributed by atoms with E-state index in [1.807, 2.05) is 22.6 Å². The Morgan fingerprint density at radius 2 is 1.82 bits per heavy atom. The minimum absolute atomic E-state index is 0.0851. The molecular weight excluding hydrogens is 279 g/mol. The lowest BCUT2D eigenvalue weighted by atomic mass is 10.3. The van der Waals surface area contributed by atoms with Gasteiger partial charge in [0.25, 0.3) is 10.1 Å². The zero-order valence-corrected chi connectivity index (χ0v) is 9.23. The van der Waals surface area contributed by atoms with E-state index in [1.165, 1.54) is 6.92 Å². The van der Waals surface area contributed by atoms with Crippen molar-refractivity contribution in [3.05, 3.63) is 20.6 Å². The molecule has 5 heteroatoms. The summed E-state index contributed by atoms with van der Waals surface area (Å²) in [4.78, 5) is -0.0851. The van der Waals surface area contributed by atoms with Gasteiger partial charge in [-0.05, 0) is 42.0 Å². The molecule has 0 bridgehead atoms. The van der Waals surface area contributed by atoms with E-state index in [2.05, 4.69) is 6.58 Å². The Bertz CT molecular complexity index is 296. The Hall–Kier alpha value is 0.120. The van der Waals surface area contributed by atoms with E-state index in [-0.39, 0.29) is 4.91 Å². The van der Waals surface area contributed by atoms with Gasteiger partial charge in [-0.1, -0.05) is 6.58 Å². The smallest absolute Gasteiger partial charge is 0.282 e. The molecule has 1 N–H and O–H groups in total. The molecule has 0 aliphatic rings. The van der Waals surface area contributed by atoms with Crippen LogP contribution in [0.2, 0.25) is 0 Å². The molecule has 0 aromatic heterocycles. The molecule has 0 aromatic carbocycles. The number of hydrogen-bond acceptors (Lipinski definition) is 2. The molecule has 0 atom stereocenters. The van der Waals surface area contributed by atoms with Crippen molar-refractivity contribution in [1.82, 2.24) is 0 Å². The van der Waals surface area contributed by atoms with Gasteiger partial charge in [-0.2, -0.15) is 8.42 Å². The van der Waals surface area contributed by atoms with Crippen molar-refractivity contribution in [2.24, 2.45) is 0 Å². The van der Waals surface area contributed by atoms with Crippen LogP contribution in [-0.4, -0.2) is 13.0 Å². The van der Waals surface area contributed by atoms with E-state index in [0.717, 1.165) is 0 Å². The Kier molecular flexibility index (Phi) is 3.72. The predicted octanol–water partition coefficient (Wildman–Crippen LogP) is 2.12. The predicted molar refractivity (Wildman–Crippen MR) is 53.1 cm³/mol. The average Bonchev–Trinajstić information content (AvgIpc) is 1.54. The minimum Gasteiger partial charge on any atom is -0.282 e. The molecule has 0 saturated heterocycles. The van der Waals surface area contributed by atoms with Crippen molar-refractivity contribution in [2.75, 3.05) is 0 Å². The van der Waals surface area contributed by atoms with Gasteiger partial charge in [0.05, 0.1) is 0 Å².